The fourth-order valence-corrected chi connectivity index (χ4v) is 0.736. The molecule has 2 heteroatoms. The van der Waals surface area contributed by atoms with Crippen LogP contribution in [0.4, 0.5) is 0 Å². The zero-order chi connectivity index (χ0) is 6.85. The average molecular weight is 133 g/mol. The van der Waals surface area contributed by atoms with Gasteiger partial charge in [0.25, 0.3) is 0 Å². The summed E-state index contributed by atoms with van der Waals surface area (Å²) in [5.41, 5.74) is 2.10. The van der Waals surface area contributed by atoms with Gasteiger partial charge >= 0.3 is 10.1 Å². The quantitative estimate of drug-likeness (QED) is 0.525. The molecule has 0 spiro atoms. The van der Waals surface area contributed by atoms with Crippen molar-refractivity contribution >= 4 is 10.1 Å². The molecule has 0 fully saturated rings. The van der Waals surface area contributed by atoms with E-state index in [2.05, 4.69) is 0 Å². The van der Waals surface area contributed by atoms with Crippen LogP contribution < -0.4 is 0 Å². The zero-order valence-corrected chi connectivity index (χ0v) is 5.68. The van der Waals surface area contributed by atoms with Crippen LogP contribution in [0.2, 0.25) is 0 Å². The van der Waals surface area contributed by atoms with Gasteiger partial charge in [-0.3, -0.25) is 0 Å². The van der Waals surface area contributed by atoms with Gasteiger partial charge in [0.2, 0.25) is 0 Å². The molecule has 0 aliphatic carbocycles. The van der Waals surface area contributed by atoms with E-state index in [0.717, 1.165) is 11.1 Å². The molecule has 1 rings (SSSR count). The second kappa shape index (κ2) is 3.38. The Morgan fingerprint density at radius 3 is 2.20 bits per heavy atom. The van der Waals surface area contributed by atoms with Gasteiger partial charge in [0.05, 0.1) is 0 Å². The van der Waals surface area contributed by atoms with E-state index in [1.165, 1.54) is 0 Å². The van der Waals surface area contributed by atoms with Gasteiger partial charge in [-0.15, -0.1) is 0 Å². The molecule has 0 amide bonds. The van der Waals surface area contributed by atoms with Gasteiger partial charge < -0.3 is 5.11 Å². The van der Waals surface area contributed by atoms with Crippen LogP contribution in [0.5, 0.6) is 5.75 Å². The molecule has 52 valence electrons. The first-order valence-corrected chi connectivity index (χ1v) is 2.97. The maximum atomic E-state index is 9.10. The van der Waals surface area contributed by atoms with Crippen molar-refractivity contribution in [3.8, 4) is 5.75 Å². The Hall–Kier alpha value is -0.811. The molecule has 0 saturated carbocycles. The topological polar surface area (TPSA) is 20.2 Å². The van der Waals surface area contributed by atoms with Crippen molar-refractivity contribution in [1.82, 2.24) is 0 Å². The van der Waals surface area contributed by atoms with Crippen LogP contribution in [-0.2, 0) is 0 Å². The molecule has 1 nitrogen and oxygen atoms in total. The summed E-state index contributed by atoms with van der Waals surface area (Å²) in [6, 6.07) is 5.52. The Kier molecular flexibility index (Phi) is 3.11. The maximum absolute atomic E-state index is 9.10. The first-order valence-electron chi connectivity index (χ1n) is 2.97. The van der Waals surface area contributed by atoms with Gasteiger partial charge in [-0.05, 0) is 31.0 Å². The van der Waals surface area contributed by atoms with Gasteiger partial charge in [-0.2, -0.15) is 0 Å². The van der Waals surface area contributed by atoms with E-state index in [1.807, 2.05) is 26.0 Å². The Bertz CT molecular complexity index is 200. The van der Waals surface area contributed by atoms with Crippen molar-refractivity contribution in [2.45, 2.75) is 13.8 Å². The molecule has 0 aromatic heterocycles. The third kappa shape index (κ3) is 1.58. The van der Waals surface area contributed by atoms with E-state index >= 15 is 0 Å². The molecule has 0 bridgehead atoms. The van der Waals surface area contributed by atoms with Crippen LogP contribution >= 0.6 is 0 Å². The summed E-state index contributed by atoms with van der Waals surface area (Å²) in [5, 5.41) is 9.10. The third-order valence-corrected chi connectivity index (χ3v) is 1.58. The first-order chi connectivity index (χ1) is 4.22. The van der Waals surface area contributed by atoms with Crippen molar-refractivity contribution in [3.05, 3.63) is 29.3 Å². The Morgan fingerprint density at radius 2 is 1.80 bits per heavy atom. The molecule has 1 aromatic rings. The molecular weight excluding hydrogens is 121 g/mol. The number of hydrogen-bond acceptors (Lipinski definition) is 1. The van der Waals surface area contributed by atoms with Crippen LogP contribution in [0.15, 0.2) is 18.2 Å². The van der Waals surface area contributed by atoms with Crippen LogP contribution in [-0.4, -0.2) is 15.2 Å². The van der Waals surface area contributed by atoms with E-state index in [4.69, 9.17) is 5.11 Å². The summed E-state index contributed by atoms with van der Waals surface area (Å²) in [5.74, 6) is 0.384. The Balaban J connectivity index is 0.000000810. The SMILES string of the molecule is Cc1cccc(O)c1C.[BeH2]. The number of aryl methyl sites for hydroxylation is 1. The van der Waals surface area contributed by atoms with Gasteiger partial charge in [0, 0.05) is 0 Å². The third-order valence-electron chi connectivity index (χ3n) is 1.58. The molecule has 0 heterocycles. The zero-order valence-electron chi connectivity index (χ0n) is 5.68. The normalized spacial score (nSPS) is 8.60. The van der Waals surface area contributed by atoms with Gasteiger partial charge in [-0.25, -0.2) is 0 Å². The second-order valence-corrected chi connectivity index (χ2v) is 2.22. The molecule has 0 radical (unpaired) electrons. The molecule has 0 aliphatic heterocycles. The molecule has 10 heavy (non-hydrogen) atoms. The number of benzene rings is 1. The minimum absolute atomic E-state index is 0. The van der Waals surface area contributed by atoms with Crippen LogP contribution in [0.25, 0.3) is 0 Å². The standard InChI is InChI=1S/C8H10O.Be.2H/c1-6-4-3-5-8(9)7(6)2;;;/h3-5,9H,1-2H3;;;. The van der Waals surface area contributed by atoms with Gasteiger partial charge in [0.15, 0.2) is 0 Å². The molecule has 0 unspecified atom stereocenters. The second-order valence-electron chi connectivity index (χ2n) is 2.22. The Morgan fingerprint density at radius 1 is 1.20 bits per heavy atom. The van der Waals surface area contributed by atoms with Crippen molar-refractivity contribution in [1.29, 1.82) is 0 Å². The molecule has 0 aliphatic rings. The van der Waals surface area contributed by atoms with E-state index in [9.17, 15) is 0 Å². The first kappa shape index (κ1) is 9.19. The van der Waals surface area contributed by atoms with E-state index in [0.29, 0.717) is 5.75 Å². The van der Waals surface area contributed by atoms with Gasteiger partial charge in [-0.1, -0.05) is 12.1 Å². The molecule has 1 aromatic carbocycles. The van der Waals surface area contributed by atoms with E-state index < -0.39 is 0 Å². The number of aromatic hydroxyl groups is 1. The molecular formula is C8H12BeO. The number of phenolic OH excluding ortho intramolecular Hbond substituents is 1. The summed E-state index contributed by atoms with van der Waals surface area (Å²) in [6.45, 7) is 3.89. The van der Waals surface area contributed by atoms with Crippen molar-refractivity contribution in [3.63, 3.8) is 0 Å². The predicted octanol–water partition coefficient (Wildman–Crippen LogP) is 1.09. The monoisotopic (exact) mass is 133 g/mol. The molecule has 1 N–H and O–H groups in total. The summed E-state index contributed by atoms with van der Waals surface area (Å²) >= 11 is 0. The number of phenols is 1. The van der Waals surface area contributed by atoms with Crippen LogP contribution in [0, 0.1) is 13.8 Å². The average Bonchev–Trinajstić information content (AvgIpc) is 1.83. The number of hydrogen-bond donors (Lipinski definition) is 1. The van der Waals surface area contributed by atoms with Gasteiger partial charge in [0.1, 0.15) is 5.75 Å². The predicted molar refractivity (Wildman–Crippen MR) is 46.1 cm³/mol. The molecule has 0 saturated heterocycles. The summed E-state index contributed by atoms with van der Waals surface area (Å²) in [7, 11) is 0. The summed E-state index contributed by atoms with van der Waals surface area (Å²) in [4.78, 5) is 0. The number of rotatable bonds is 0. The van der Waals surface area contributed by atoms with Crippen LogP contribution in [0.3, 0.4) is 0 Å². The molecule has 0 atom stereocenters. The van der Waals surface area contributed by atoms with E-state index in [-0.39, 0.29) is 10.1 Å². The fourth-order valence-electron chi connectivity index (χ4n) is 0.736. The van der Waals surface area contributed by atoms with Crippen molar-refractivity contribution in [2.75, 3.05) is 0 Å². The van der Waals surface area contributed by atoms with E-state index in [1.54, 1.807) is 6.07 Å². The Labute approximate surface area is 64.9 Å². The summed E-state index contributed by atoms with van der Waals surface area (Å²) in [6.07, 6.45) is 0. The minimum atomic E-state index is 0. The fraction of sp³-hybridized carbons (Fsp3) is 0.250. The van der Waals surface area contributed by atoms with Crippen molar-refractivity contribution in [2.24, 2.45) is 0 Å². The summed E-state index contributed by atoms with van der Waals surface area (Å²) < 4.78 is 0. The van der Waals surface area contributed by atoms with Crippen LogP contribution in [0.1, 0.15) is 11.1 Å². The van der Waals surface area contributed by atoms with Crippen molar-refractivity contribution < 1.29 is 5.11 Å².